The number of aryl methyl sites for hydroxylation is 1. The van der Waals surface area contributed by atoms with Gasteiger partial charge in [-0.25, -0.2) is 0 Å². The Morgan fingerprint density at radius 1 is 1.28 bits per heavy atom. The Labute approximate surface area is 112 Å². The lowest BCUT2D eigenvalue weighted by molar-refractivity contribution is -0.116. The smallest absolute Gasteiger partial charge is 0.147 e. The minimum Gasteiger partial charge on any atom is -0.497 e. The maximum atomic E-state index is 11.3. The summed E-state index contributed by atoms with van der Waals surface area (Å²) < 4.78 is 5.24. The molecule has 0 aliphatic rings. The van der Waals surface area contributed by atoms with Crippen LogP contribution in [0.4, 0.5) is 0 Å². The van der Waals surface area contributed by atoms with Gasteiger partial charge in [0.25, 0.3) is 0 Å². The number of rotatable bonds is 5. The molecule has 3 heteroatoms. The van der Waals surface area contributed by atoms with Crippen molar-refractivity contribution >= 4 is 28.2 Å². The van der Waals surface area contributed by atoms with Crippen LogP contribution in [0.1, 0.15) is 12.0 Å². The highest BCUT2D eigenvalue weighted by Gasteiger charge is 2.05. The van der Waals surface area contributed by atoms with E-state index in [1.807, 2.05) is 30.3 Å². The van der Waals surface area contributed by atoms with Gasteiger partial charge in [0.2, 0.25) is 0 Å². The number of hydrogen-bond donors (Lipinski definition) is 0. The molecule has 18 heavy (non-hydrogen) atoms. The first-order chi connectivity index (χ1) is 8.74. The van der Waals surface area contributed by atoms with Crippen LogP contribution in [0, 0.1) is 0 Å². The number of carbonyl (C=O) groups is 1. The topological polar surface area (TPSA) is 26.3 Å². The van der Waals surface area contributed by atoms with Gasteiger partial charge in [-0.3, -0.25) is 4.79 Å². The van der Waals surface area contributed by atoms with E-state index in [4.69, 9.17) is 16.3 Å². The zero-order valence-electron chi connectivity index (χ0n) is 10.3. The molecule has 0 spiro atoms. The van der Waals surface area contributed by atoms with Crippen LogP contribution in [0.5, 0.6) is 5.75 Å². The summed E-state index contributed by atoms with van der Waals surface area (Å²) in [6, 6.07) is 12.1. The van der Waals surface area contributed by atoms with Gasteiger partial charge in [0.15, 0.2) is 0 Å². The largest absolute Gasteiger partial charge is 0.497 e. The monoisotopic (exact) mass is 262 g/mol. The minimum atomic E-state index is 0.0802. The van der Waals surface area contributed by atoms with Crippen LogP contribution in [0.15, 0.2) is 36.4 Å². The number of fused-ring (bicyclic) bond motifs is 1. The number of ketones is 1. The van der Waals surface area contributed by atoms with Gasteiger partial charge in [-0.15, -0.1) is 11.6 Å². The lowest BCUT2D eigenvalue weighted by Gasteiger charge is -2.07. The van der Waals surface area contributed by atoms with Crippen LogP contribution in [-0.4, -0.2) is 18.8 Å². The fourth-order valence-electron chi connectivity index (χ4n) is 2.00. The van der Waals surface area contributed by atoms with Crippen LogP contribution >= 0.6 is 11.6 Å². The van der Waals surface area contributed by atoms with Crippen LogP contribution in [0.3, 0.4) is 0 Å². The quantitative estimate of drug-likeness (QED) is 0.770. The van der Waals surface area contributed by atoms with Crippen molar-refractivity contribution in [1.29, 1.82) is 0 Å². The molecule has 94 valence electrons. The van der Waals surface area contributed by atoms with Crippen molar-refractivity contribution in [1.82, 2.24) is 0 Å². The van der Waals surface area contributed by atoms with Gasteiger partial charge in [0.1, 0.15) is 11.5 Å². The Morgan fingerprint density at radius 3 is 2.83 bits per heavy atom. The molecule has 0 fully saturated rings. The number of carbonyl (C=O) groups excluding carboxylic acids is 1. The number of hydrogen-bond acceptors (Lipinski definition) is 2. The number of benzene rings is 2. The molecule has 0 heterocycles. The highest BCUT2D eigenvalue weighted by atomic mass is 35.5. The number of ether oxygens (including phenoxy) is 1. The third kappa shape index (κ3) is 2.82. The summed E-state index contributed by atoms with van der Waals surface area (Å²) in [5.41, 5.74) is 1.16. The Balaban J connectivity index is 2.34. The molecular weight excluding hydrogens is 248 g/mol. The van der Waals surface area contributed by atoms with E-state index in [2.05, 4.69) is 6.07 Å². The average molecular weight is 263 g/mol. The van der Waals surface area contributed by atoms with Crippen LogP contribution in [-0.2, 0) is 11.2 Å². The molecule has 0 saturated carbocycles. The summed E-state index contributed by atoms with van der Waals surface area (Å²) in [6.45, 7) is 0. The van der Waals surface area contributed by atoms with E-state index < -0.39 is 0 Å². The zero-order valence-corrected chi connectivity index (χ0v) is 11.0. The molecule has 0 radical (unpaired) electrons. The summed E-state index contributed by atoms with van der Waals surface area (Å²) in [4.78, 5) is 11.3. The lowest BCUT2D eigenvalue weighted by atomic mass is 10.00. The van der Waals surface area contributed by atoms with Crippen LogP contribution in [0.25, 0.3) is 10.8 Å². The number of alkyl halides is 1. The van der Waals surface area contributed by atoms with Gasteiger partial charge in [-0.1, -0.05) is 24.3 Å². The maximum absolute atomic E-state index is 11.3. The fourth-order valence-corrected chi connectivity index (χ4v) is 2.14. The molecule has 0 aromatic heterocycles. The van der Waals surface area contributed by atoms with Gasteiger partial charge in [0.05, 0.1) is 13.0 Å². The molecule has 2 aromatic rings. The Bertz CT molecular complexity index is 563. The molecule has 2 rings (SSSR count). The van der Waals surface area contributed by atoms with Crippen molar-refractivity contribution in [2.45, 2.75) is 12.8 Å². The maximum Gasteiger partial charge on any atom is 0.147 e. The molecule has 0 bridgehead atoms. The van der Waals surface area contributed by atoms with Crippen molar-refractivity contribution < 1.29 is 9.53 Å². The zero-order chi connectivity index (χ0) is 13.0. The predicted molar refractivity (Wildman–Crippen MR) is 74.5 cm³/mol. The third-order valence-electron chi connectivity index (χ3n) is 3.00. The fraction of sp³-hybridized carbons (Fsp3) is 0.267. The first kappa shape index (κ1) is 12.9. The Hall–Kier alpha value is -1.54. The second kappa shape index (κ2) is 5.87. The highest BCUT2D eigenvalue weighted by Crippen LogP contribution is 2.24. The standard InChI is InChI=1S/C15H15ClO2/c1-18-14-8-6-12-4-2-3-11(15(12)9-14)5-7-13(17)10-16/h2-4,6,8-9H,5,7,10H2,1H3. The van der Waals surface area contributed by atoms with Gasteiger partial charge in [-0.05, 0) is 34.9 Å². The summed E-state index contributed by atoms with van der Waals surface area (Å²) >= 11 is 5.51. The summed E-state index contributed by atoms with van der Waals surface area (Å²) in [6.07, 6.45) is 1.20. The first-order valence-corrected chi connectivity index (χ1v) is 6.41. The second-order valence-corrected chi connectivity index (χ2v) is 4.44. The Morgan fingerprint density at radius 2 is 2.11 bits per heavy atom. The van der Waals surface area contributed by atoms with E-state index in [0.717, 1.165) is 28.5 Å². The summed E-state index contributed by atoms with van der Waals surface area (Å²) in [5, 5.41) is 2.30. The predicted octanol–water partition coefficient (Wildman–Crippen LogP) is 3.59. The lowest BCUT2D eigenvalue weighted by Crippen LogP contribution is -2.01. The second-order valence-electron chi connectivity index (χ2n) is 4.18. The SMILES string of the molecule is COc1ccc2cccc(CCC(=O)CCl)c2c1. The number of Topliss-reactive ketones (excluding diaryl/α,β-unsaturated/α-hetero) is 1. The first-order valence-electron chi connectivity index (χ1n) is 5.88. The third-order valence-corrected chi connectivity index (χ3v) is 3.30. The molecular formula is C15H15ClO2. The molecule has 0 atom stereocenters. The normalized spacial score (nSPS) is 10.6. The van der Waals surface area contributed by atoms with Crippen molar-refractivity contribution in [2.24, 2.45) is 0 Å². The molecule has 2 aromatic carbocycles. The highest BCUT2D eigenvalue weighted by molar-refractivity contribution is 6.27. The molecule has 0 N–H and O–H groups in total. The minimum absolute atomic E-state index is 0.0802. The van der Waals surface area contributed by atoms with Crippen LogP contribution < -0.4 is 4.74 Å². The average Bonchev–Trinajstić information content (AvgIpc) is 2.43. The van der Waals surface area contributed by atoms with E-state index in [1.54, 1.807) is 7.11 Å². The molecule has 0 aliphatic heterocycles. The number of methoxy groups -OCH3 is 1. The summed E-state index contributed by atoms with van der Waals surface area (Å²) in [7, 11) is 1.65. The van der Waals surface area contributed by atoms with Gasteiger partial charge in [-0.2, -0.15) is 0 Å². The molecule has 0 saturated heterocycles. The van der Waals surface area contributed by atoms with Gasteiger partial charge >= 0.3 is 0 Å². The Kier molecular flexibility index (Phi) is 4.21. The van der Waals surface area contributed by atoms with E-state index in [9.17, 15) is 4.79 Å². The van der Waals surface area contributed by atoms with E-state index >= 15 is 0 Å². The van der Waals surface area contributed by atoms with Gasteiger partial charge < -0.3 is 4.74 Å². The molecule has 0 aliphatic carbocycles. The van der Waals surface area contributed by atoms with Crippen molar-refractivity contribution in [3.8, 4) is 5.75 Å². The van der Waals surface area contributed by atoms with Gasteiger partial charge in [0, 0.05) is 6.42 Å². The molecule has 0 unspecified atom stereocenters. The van der Waals surface area contributed by atoms with E-state index in [0.29, 0.717) is 6.42 Å². The molecule has 0 amide bonds. The van der Waals surface area contributed by atoms with Crippen molar-refractivity contribution in [3.05, 3.63) is 42.0 Å². The van der Waals surface area contributed by atoms with Crippen molar-refractivity contribution in [3.63, 3.8) is 0 Å². The molecule has 2 nitrogen and oxygen atoms in total. The van der Waals surface area contributed by atoms with Crippen LogP contribution in [0.2, 0.25) is 0 Å². The van der Waals surface area contributed by atoms with E-state index in [1.165, 1.54) is 0 Å². The van der Waals surface area contributed by atoms with Crippen molar-refractivity contribution in [2.75, 3.05) is 13.0 Å². The number of halogens is 1. The van der Waals surface area contributed by atoms with E-state index in [-0.39, 0.29) is 11.7 Å². The summed E-state index contributed by atoms with van der Waals surface area (Å²) in [5.74, 6) is 1.00.